The van der Waals surface area contributed by atoms with Gasteiger partial charge in [-0.15, -0.1) is 11.3 Å². The Morgan fingerprint density at radius 1 is 1.11 bits per heavy atom. The molecule has 2 aromatic rings. The molecule has 0 saturated heterocycles. The molecular formula is C21H26N2O3S2. The maximum Gasteiger partial charge on any atom is 0.254 e. The first kappa shape index (κ1) is 19.6. The molecule has 7 heteroatoms. The molecule has 1 aliphatic heterocycles. The fourth-order valence-electron chi connectivity index (χ4n) is 4.18. The first-order valence-electron chi connectivity index (χ1n) is 9.89. The molecule has 0 bridgehead atoms. The highest BCUT2D eigenvalue weighted by molar-refractivity contribution is 7.89. The number of carbonyl (C=O) groups excluding carboxylic acids is 1. The fraction of sp³-hybridized carbons (Fsp3) is 0.476. The highest BCUT2D eigenvalue weighted by Crippen LogP contribution is 2.28. The van der Waals surface area contributed by atoms with E-state index in [9.17, 15) is 13.2 Å². The van der Waals surface area contributed by atoms with Crippen molar-refractivity contribution in [1.29, 1.82) is 0 Å². The molecule has 0 spiro atoms. The number of carbonyl (C=O) groups is 1. The van der Waals surface area contributed by atoms with Gasteiger partial charge < -0.3 is 4.90 Å². The average molecular weight is 419 g/mol. The third-order valence-corrected chi connectivity index (χ3v) is 8.91. The molecule has 4 rings (SSSR count). The van der Waals surface area contributed by atoms with E-state index < -0.39 is 10.0 Å². The molecule has 2 heterocycles. The summed E-state index contributed by atoms with van der Waals surface area (Å²) >= 11 is 1.74. The Kier molecular flexibility index (Phi) is 5.58. The molecule has 1 aromatic carbocycles. The third kappa shape index (κ3) is 3.75. The number of benzene rings is 1. The van der Waals surface area contributed by atoms with Gasteiger partial charge in [0.25, 0.3) is 5.91 Å². The normalized spacial score (nSPS) is 18.3. The molecule has 150 valence electrons. The molecule has 1 aromatic heterocycles. The zero-order valence-corrected chi connectivity index (χ0v) is 17.8. The van der Waals surface area contributed by atoms with E-state index >= 15 is 0 Å². The van der Waals surface area contributed by atoms with Crippen LogP contribution in [0.4, 0.5) is 0 Å². The van der Waals surface area contributed by atoms with E-state index in [4.69, 9.17) is 0 Å². The summed E-state index contributed by atoms with van der Waals surface area (Å²) in [6.45, 7) is 1.33. The number of sulfonamides is 1. The Hall–Kier alpha value is -1.70. The van der Waals surface area contributed by atoms with Crippen molar-refractivity contribution in [3.05, 3.63) is 51.7 Å². The summed E-state index contributed by atoms with van der Waals surface area (Å²) in [5.41, 5.74) is 1.76. The Morgan fingerprint density at radius 2 is 1.82 bits per heavy atom. The molecule has 28 heavy (non-hydrogen) atoms. The summed E-state index contributed by atoms with van der Waals surface area (Å²) in [4.78, 5) is 16.3. The van der Waals surface area contributed by atoms with E-state index in [0.29, 0.717) is 18.7 Å². The van der Waals surface area contributed by atoms with Crippen LogP contribution in [0.1, 0.15) is 52.9 Å². The van der Waals surface area contributed by atoms with Gasteiger partial charge in [0.2, 0.25) is 10.0 Å². The fourth-order valence-corrected chi connectivity index (χ4v) is 6.49. The minimum Gasteiger partial charge on any atom is -0.334 e. The molecule has 2 aliphatic rings. The Labute approximate surface area is 171 Å². The summed E-state index contributed by atoms with van der Waals surface area (Å²) in [6.07, 6.45) is 6.08. The van der Waals surface area contributed by atoms with Crippen LogP contribution < -0.4 is 0 Å². The molecule has 5 nitrogen and oxygen atoms in total. The van der Waals surface area contributed by atoms with Gasteiger partial charge in [-0.3, -0.25) is 4.79 Å². The lowest BCUT2D eigenvalue weighted by Gasteiger charge is -2.30. The monoisotopic (exact) mass is 418 g/mol. The van der Waals surface area contributed by atoms with Gasteiger partial charge in [0, 0.05) is 36.6 Å². The zero-order valence-electron chi connectivity index (χ0n) is 16.1. The second kappa shape index (κ2) is 7.97. The minimum atomic E-state index is -3.53. The summed E-state index contributed by atoms with van der Waals surface area (Å²) in [6, 6.07) is 8.59. The van der Waals surface area contributed by atoms with Gasteiger partial charge in [-0.05, 0) is 60.5 Å². The Morgan fingerprint density at radius 3 is 2.54 bits per heavy atom. The summed E-state index contributed by atoms with van der Waals surface area (Å²) in [5.74, 6) is -0.0403. The third-order valence-electron chi connectivity index (χ3n) is 5.96. The molecule has 1 aliphatic carbocycles. The van der Waals surface area contributed by atoms with Crippen LogP contribution in [0.2, 0.25) is 0 Å². The molecule has 0 atom stereocenters. The Bertz CT molecular complexity index is 944. The largest absolute Gasteiger partial charge is 0.334 e. The SMILES string of the molecule is CN(C1CCCCC1)S(=O)(=O)c1ccc(C(=O)N2CCc3sccc3C2)cc1. The number of fused-ring (bicyclic) bond motifs is 1. The minimum absolute atomic E-state index is 0.0403. The van der Waals surface area contributed by atoms with Crippen molar-refractivity contribution >= 4 is 27.3 Å². The summed E-state index contributed by atoms with van der Waals surface area (Å²) < 4.78 is 27.4. The second-order valence-electron chi connectivity index (χ2n) is 7.68. The highest BCUT2D eigenvalue weighted by atomic mass is 32.2. The standard InChI is InChI=1S/C21H26N2O3S2/c1-22(18-5-3-2-4-6-18)28(25,26)19-9-7-16(8-10-19)21(24)23-13-11-20-17(15-23)12-14-27-20/h7-10,12,14,18H,2-6,11,13,15H2,1H3. The van der Waals surface area contributed by atoms with Crippen molar-refractivity contribution in [3.8, 4) is 0 Å². The van der Waals surface area contributed by atoms with Crippen LogP contribution in [0, 0.1) is 0 Å². The van der Waals surface area contributed by atoms with Gasteiger partial charge in [-0.1, -0.05) is 19.3 Å². The van der Waals surface area contributed by atoms with Crippen molar-refractivity contribution in [2.45, 2.75) is 56.0 Å². The first-order valence-corrected chi connectivity index (χ1v) is 12.2. The van der Waals surface area contributed by atoms with Crippen LogP contribution in [-0.2, 0) is 23.0 Å². The quantitative estimate of drug-likeness (QED) is 0.757. The van der Waals surface area contributed by atoms with Crippen molar-refractivity contribution in [3.63, 3.8) is 0 Å². The van der Waals surface area contributed by atoms with E-state index in [0.717, 1.165) is 32.1 Å². The van der Waals surface area contributed by atoms with Crippen molar-refractivity contribution < 1.29 is 13.2 Å². The lowest BCUT2D eigenvalue weighted by molar-refractivity contribution is 0.0735. The number of amides is 1. The van der Waals surface area contributed by atoms with Gasteiger partial charge in [0.15, 0.2) is 0 Å². The van der Waals surface area contributed by atoms with E-state index in [1.165, 1.54) is 21.2 Å². The molecular weight excluding hydrogens is 392 g/mol. The summed E-state index contributed by atoms with van der Waals surface area (Å²) in [5, 5.41) is 2.07. The van der Waals surface area contributed by atoms with Crippen molar-refractivity contribution in [2.75, 3.05) is 13.6 Å². The van der Waals surface area contributed by atoms with Gasteiger partial charge in [-0.25, -0.2) is 8.42 Å². The molecule has 0 radical (unpaired) electrons. The van der Waals surface area contributed by atoms with E-state index in [1.54, 1.807) is 42.6 Å². The highest BCUT2D eigenvalue weighted by Gasteiger charge is 2.29. The number of hydrogen-bond donors (Lipinski definition) is 0. The zero-order chi connectivity index (χ0) is 19.7. The van der Waals surface area contributed by atoms with Crippen molar-refractivity contribution in [2.24, 2.45) is 0 Å². The van der Waals surface area contributed by atoms with Crippen LogP contribution in [0.3, 0.4) is 0 Å². The van der Waals surface area contributed by atoms with Gasteiger partial charge in [0.05, 0.1) is 4.90 Å². The molecule has 0 unspecified atom stereocenters. The molecule has 1 amide bonds. The maximum absolute atomic E-state index is 13.0. The number of rotatable bonds is 4. The molecule has 1 fully saturated rings. The average Bonchev–Trinajstić information content (AvgIpc) is 3.21. The molecule has 0 N–H and O–H groups in total. The van der Waals surface area contributed by atoms with Gasteiger partial charge in [-0.2, -0.15) is 4.31 Å². The predicted octanol–water partition coefficient (Wildman–Crippen LogP) is 3.90. The van der Waals surface area contributed by atoms with Crippen LogP contribution in [0.15, 0.2) is 40.6 Å². The van der Waals surface area contributed by atoms with E-state index in [1.807, 2.05) is 4.90 Å². The van der Waals surface area contributed by atoms with Crippen LogP contribution in [0.5, 0.6) is 0 Å². The lowest BCUT2D eigenvalue weighted by Crippen LogP contribution is -2.38. The number of thiophene rings is 1. The van der Waals surface area contributed by atoms with Crippen LogP contribution in [0.25, 0.3) is 0 Å². The van der Waals surface area contributed by atoms with Crippen LogP contribution >= 0.6 is 11.3 Å². The molecule has 1 saturated carbocycles. The van der Waals surface area contributed by atoms with Gasteiger partial charge in [0.1, 0.15) is 0 Å². The van der Waals surface area contributed by atoms with Crippen molar-refractivity contribution in [1.82, 2.24) is 9.21 Å². The number of hydrogen-bond acceptors (Lipinski definition) is 4. The number of nitrogens with zero attached hydrogens (tertiary/aromatic N) is 2. The smallest absolute Gasteiger partial charge is 0.254 e. The topological polar surface area (TPSA) is 57.7 Å². The van der Waals surface area contributed by atoms with Crippen LogP contribution in [-0.4, -0.2) is 43.2 Å². The Balaban J connectivity index is 1.48. The lowest BCUT2D eigenvalue weighted by atomic mass is 9.96. The summed E-state index contributed by atoms with van der Waals surface area (Å²) in [7, 11) is -1.85. The van der Waals surface area contributed by atoms with Gasteiger partial charge >= 0.3 is 0 Å². The predicted molar refractivity (Wildman–Crippen MR) is 111 cm³/mol. The second-order valence-corrected chi connectivity index (χ2v) is 10.7. The van der Waals surface area contributed by atoms with E-state index in [2.05, 4.69) is 11.4 Å². The first-order chi connectivity index (χ1) is 13.5. The van der Waals surface area contributed by atoms with E-state index in [-0.39, 0.29) is 16.8 Å². The maximum atomic E-state index is 13.0.